The molecule has 0 fully saturated rings. The van der Waals surface area contributed by atoms with Crippen molar-refractivity contribution in [2.24, 2.45) is 0 Å². The van der Waals surface area contributed by atoms with E-state index in [4.69, 9.17) is 9.72 Å². The molecule has 3 rings (SSSR count). The van der Waals surface area contributed by atoms with Gasteiger partial charge < -0.3 is 25.4 Å². The van der Waals surface area contributed by atoms with E-state index >= 15 is 0 Å². The highest BCUT2D eigenvalue weighted by Crippen LogP contribution is 2.45. The zero-order valence-corrected chi connectivity index (χ0v) is 16.3. The molecule has 1 aromatic heterocycles. The molecule has 1 aliphatic heterocycles. The summed E-state index contributed by atoms with van der Waals surface area (Å²) in [5.41, 5.74) is 2.16. The fourth-order valence-corrected chi connectivity index (χ4v) is 3.38. The Balaban J connectivity index is 2.14. The fraction of sp³-hybridized carbons (Fsp3) is 0.550. The third kappa shape index (κ3) is 3.86. The van der Waals surface area contributed by atoms with Crippen LogP contribution in [0.5, 0.6) is 0 Å². The summed E-state index contributed by atoms with van der Waals surface area (Å²) in [6, 6.07) is 8.41. The van der Waals surface area contributed by atoms with Gasteiger partial charge in [0.15, 0.2) is 5.82 Å². The number of fused-ring (bicyclic) bond motifs is 3. The highest BCUT2D eigenvalue weighted by atomic mass is 16.5. The molecule has 0 radical (unpaired) electrons. The Bertz CT molecular complexity index is 770. The Kier molecular flexibility index (Phi) is 5.25. The molecular formula is C20H30N4O2. The van der Waals surface area contributed by atoms with Crippen LogP contribution in [0.15, 0.2) is 24.3 Å². The number of ether oxygens (including phenoxy) is 1. The number of hydrogen-bond acceptors (Lipinski definition) is 6. The SMILES string of the molecule is CCOCC1Nc2c(NC(C)C)nc3ccccc3c2N1CC(C)(C)O. The molecule has 26 heavy (non-hydrogen) atoms. The summed E-state index contributed by atoms with van der Waals surface area (Å²) in [6.45, 7) is 11.6. The number of aromatic nitrogens is 1. The van der Waals surface area contributed by atoms with E-state index in [0.29, 0.717) is 19.8 Å². The number of hydrogen-bond donors (Lipinski definition) is 3. The lowest BCUT2D eigenvalue weighted by molar-refractivity contribution is 0.0804. The molecule has 1 aromatic carbocycles. The molecule has 0 aliphatic carbocycles. The minimum Gasteiger partial charge on any atom is -0.389 e. The number of anilines is 3. The minimum atomic E-state index is -0.830. The van der Waals surface area contributed by atoms with E-state index in [2.05, 4.69) is 35.4 Å². The normalized spacial score (nSPS) is 16.9. The van der Waals surface area contributed by atoms with E-state index in [9.17, 15) is 5.11 Å². The number of para-hydroxylation sites is 1. The summed E-state index contributed by atoms with van der Waals surface area (Å²) in [7, 11) is 0. The molecule has 2 heterocycles. The molecule has 2 aromatic rings. The zero-order chi connectivity index (χ0) is 18.9. The lowest BCUT2D eigenvalue weighted by atomic mass is 10.1. The van der Waals surface area contributed by atoms with Gasteiger partial charge in [-0.05, 0) is 40.7 Å². The molecule has 1 unspecified atom stereocenters. The Morgan fingerprint density at radius 2 is 2.08 bits per heavy atom. The van der Waals surface area contributed by atoms with Crippen molar-refractivity contribution in [2.45, 2.75) is 52.4 Å². The molecule has 0 spiro atoms. The van der Waals surface area contributed by atoms with Crippen molar-refractivity contribution in [3.8, 4) is 0 Å². The van der Waals surface area contributed by atoms with Crippen LogP contribution >= 0.6 is 0 Å². The quantitative estimate of drug-likeness (QED) is 0.705. The predicted molar refractivity (Wildman–Crippen MR) is 108 cm³/mol. The van der Waals surface area contributed by atoms with Gasteiger partial charge in [-0.1, -0.05) is 18.2 Å². The fourth-order valence-electron chi connectivity index (χ4n) is 3.38. The first-order valence-corrected chi connectivity index (χ1v) is 9.32. The van der Waals surface area contributed by atoms with Crippen LogP contribution in [0.2, 0.25) is 0 Å². The summed E-state index contributed by atoms with van der Waals surface area (Å²) in [4.78, 5) is 7.04. The number of β-amino-alcohol motifs (C(OH)–C–C–N with tert-alkyl or cyclic N) is 1. The van der Waals surface area contributed by atoms with Crippen LogP contribution < -0.4 is 15.5 Å². The first-order chi connectivity index (χ1) is 12.3. The number of nitrogens with one attached hydrogen (secondary N) is 2. The number of aliphatic hydroxyl groups is 1. The predicted octanol–water partition coefficient (Wildman–Crippen LogP) is 3.42. The maximum Gasteiger partial charge on any atom is 0.152 e. The van der Waals surface area contributed by atoms with E-state index in [1.165, 1.54) is 0 Å². The molecule has 6 nitrogen and oxygen atoms in total. The molecule has 6 heteroatoms. The maximum absolute atomic E-state index is 10.5. The lowest BCUT2D eigenvalue weighted by Crippen LogP contribution is -2.46. The van der Waals surface area contributed by atoms with Gasteiger partial charge in [0.25, 0.3) is 0 Å². The Morgan fingerprint density at radius 1 is 1.35 bits per heavy atom. The zero-order valence-electron chi connectivity index (χ0n) is 16.3. The summed E-state index contributed by atoms with van der Waals surface area (Å²) in [5, 5.41) is 18.6. The summed E-state index contributed by atoms with van der Waals surface area (Å²) in [5.74, 6) is 0.841. The van der Waals surface area contributed by atoms with Gasteiger partial charge in [0.1, 0.15) is 11.9 Å². The largest absolute Gasteiger partial charge is 0.389 e. The first-order valence-electron chi connectivity index (χ1n) is 9.32. The summed E-state index contributed by atoms with van der Waals surface area (Å²) in [6.07, 6.45) is -0.0447. The maximum atomic E-state index is 10.5. The van der Waals surface area contributed by atoms with Crippen LogP contribution in [0.25, 0.3) is 10.9 Å². The van der Waals surface area contributed by atoms with E-state index in [-0.39, 0.29) is 12.2 Å². The molecule has 1 atom stereocenters. The molecule has 0 bridgehead atoms. The Hall–Kier alpha value is -2.05. The average molecular weight is 358 g/mol. The van der Waals surface area contributed by atoms with Crippen molar-refractivity contribution < 1.29 is 9.84 Å². The number of pyridine rings is 1. The van der Waals surface area contributed by atoms with E-state index in [1.54, 1.807) is 0 Å². The highest BCUT2D eigenvalue weighted by Gasteiger charge is 2.36. The van der Waals surface area contributed by atoms with Crippen LogP contribution in [0.3, 0.4) is 0 Å². The van der Waals surface area contributed by atoms with Gasteiger partial charge in [-0.25, -0.2) is 4.98 Å². The van der Waals surface area contributed by atoms with Crippen LogP contribution in [0, 0.1) is 0 Å². The molecule has 0 saturated heterocycles. The third-order valence-corrected chi connectivity index (χ3v) is 4.30. The lowest BCUT2D eigenvalue weighted by Gasteiger charge is -2.32. The molecule has 142 valence electrons. The molecule has 1 aliphatic rings. The van der Waals surface area contributed by atoms with Crippen molar-refractivity contribution in [3.63, 3.8) is 0 Å². The smallest absolute Gasteiger partial charge is 0.152 e. The number of benzene rings is 1. The second kappa shape index (κ2) is 7.29. The van der Waals surface area contributed by atoms with Crippen LogP contribution in [0.4, 0.5) is 17.2 Å². The van der Waals surface area contributed by atoms with Crippen molar-refractivity contribution >= 4 is 28.1 Å². The van der Waals surface area contributed by atoms with E-state index < -0.39 is 5.60 Å². The number of nitrogens with zero attached hydrogens (tertiary/aromatic N) is 2. The second-order valence-corrected chi connectivity index (χ2v) is 7.76. The first kappa shape index (κ1) is 18.7. The van der Waals surface area contributed by atoms with Gasteiger partial charge in [-0.3, -0.25) is 0 Å². The minimum absolute atomic E-state index is 0.0447. The summed E-state index contributed by atoms with van der Waals surface area (Å²) < 4.78 is 5.70. The Labute approximate surface area is 155 Å². The van der Waals surface area contributed by atoms with Crippen LogP contribution in [-0.4, -0.2) is 47.7 Å². The third-order valence-electron chi connectivity index (χ3n) is 4.30. The monoisotopic (exact) mass is 358 g/mol. The van der Waals surface area contributed by atoms with Crippen LogP contribution in [0.1, 0.15) is 34.6 Å². The van der Waals surface area contributed by atoms with Gasteiger partial charge in [0.2, 0.25) is 0 Å². The molecule has 0 amide bonds. The Morgan fingerprint density at radius 3 is 2.73 bits per heavy atom. The van der Waals surface area contributed by atoms with Crippen molar-refractivity contribution in [2.75, 3.05) is 35.3 Å². The molecular weight excluding hydrogens is 328 g/mol. The van der Waals surface area contributed by atoms with Gasteiger partial charge in [-0.15, -0.1) is 0 Å². The standard InChI is InChI=1S/C20H30N4O2/c1-6-26-11-16-23-17-18(24(16)12-20(4,5)25)14-9-7-8-10-15(14)22-19(17)21-13(2)3/h7-10,13,16,23,25H,6,11-12H2,1-5H3,(H,21,22). The van der Waals surface area contributed by atoms with Gasteiger partial charge in [-0.2, -0.15) is 0 Å². The van der Waals surface area contributed by atoms with Gasteiger partial charge >= 0.3 is 0 Å². The van der Waals surface area contributed by atoms with Gasteiger partial charge in [0, 0.05) is 24.6 Å². The average Bonchev–Trinajstić information content (AvgIpc) is 2.90. The van der Waals surface area contributed by atoms with Crippen molar-refractivity contribution in [1.29, 1.82) is 0 Å². The topological polar surface area (TPSA) is 69.7 Å². The highest BCUT2D eigenvalue weighted by molar-refractivity contribution is 6.04. The van der Waals surface area contributed by atoms with Crippen LogP contribution in [-0.2, 0) is 4.74 Å². The molecule has 0 saturated carbocycles. The van der Waals surface area contributed by atoms with Gasteiger partial charge in [0.05, 0.1) is 23.4 Å². The van der Waals surface area contributed by atoms with Crippen molar-refractivity contribution in [1.82, 2.24) is 4.98 Å². The summed E-state index contributed by atoms with van der Waals surface area (Å²) >= 11 is 0. The molecule has 3 N–H and O–H groups in total. The second-order valence-electron chi connectivity index (χ2n) is 7.76. The van der Waals surface area contributed by atoms with E-state index in [1.807, 2.05) is 39.0 Å². The number of rotatable bonds is 7. The van der Waals surface area contributed by atoms with E-state index in [0.717, 1.165) is 28.1 Å². The van der Waals surface area contributed by atoms with Crippen molar-refractivity contribution in [3.05, 3.63) is 24.3 Å².